The lowest BCUT2D eigenvalue weighted by molar-refractivity contribution is 0.243. The maximum absolute atomic E-state index is 12.9. The molecule has 0 saturated carbocycles. The first kappa shape index (κ1) is 23.3. The van der Waals surface area contributed by atoms with Crippen LogP contribution in [0, 0.1) is 0 Å². The predicted octanol–water partition coefficient (Wildman–Crippen LogP) is 6.84. The van der Waals surface area contributed by atoms with Gasteiger partial charge in [0.15, 0.2) is 0 Å². The summed E-state index contributed by atoms with van der Waals surface area (Å²) in [6.07, 6.45) is 3.61. The molecule has 6 nitrogen and oxygen atoms in total. The number of benzene rings is 2. The van der Waals surface area contributed by atoms with Gasteiger partial charge in [-0.05, 0) is 68.4 Å². The second kappa shape index (κ2) is 10.0. The zero-order valence-corrected chi connectivity index (χ0v) is 21.3. The Labute approximate surface area is 215 Å². The smallest absolute Gasteiger partial charge is 0.345 e. The lowest BCUT2D eigenvalue weighted by Crippen LogP contribution is -2.34. The highest BCUT2D eigenvalue weighted by Crippen LogP contribution is 2.35. The summed E-state index contributed by atoms with van der Waals surface area (Å²) in [5.74, 6) is 0.391. The number of halogens is 3. The molecule has 174 valence electrons. The number of fused-ring (bicyclic) bond motifs is 1. The molecule has 2 aromatic heterocycles. The lowest BCUT2D eigenvalue weighted by Gasteiger charge is -2.26. The second-order valence-corrected chi connectivity index (χ2v) is 9.93. The summed E-state index contributed by atoms with van der Waals surface area (Å²) < 4.78 is 6.46. The molecule has 0 spiro atoms. The summed E-state index contributed by atoms with van der Waals surface area (Å²) in [6, 6.07) is 14.3. The van der Waals surface area contributed by atoms with Gasteiger partial charge in [0.2, 0.25) is 5.95 Å². The van der Waals surface area contributed by atoms with E-state index in [1.807, 2.05) is 12.1 Å². The van der Waals surface area contributed by atoms with Crippen molar-refractivity contribution in [2.24, 2.45) is 0 Å². The molecule has 0 unspecified atom stereocenters. The molecular formula is C25H21BrCl2N4O2. The van der Waals surface area contributed by atoms with E-state index in [-0.39, 0.29) is 0 Å². The fraction of sp³-hybridized carbons (Fsp3) is 0.240. The number of likely N-dealkylation sites (tertiary alicyclic amines) is 1. The van der Waals surface area contributed by atoms with Crippen LogP contribution < -0.4 is 10.9 Å². The van der Waals surface area contributed by atoms with Gasteiger partial charge in [0.1, 0.15) is 5.58 Å². The van der Waals surface area contributed by atoms with Crippen molar-refractivity contribution in [1.29, 1.82) is 0 Å². The van der Waals surface area contributed by atoms with E-state index in [9.17, 15) is 4.79 Å². The SMILES string of the molecule is O=c1oc2ccc(Br)cc2cc1-c1cc(-c2c(Cl)cccc2Cl)nc(NCN2CCCCC2)n1. The van der Waals surface area contributed by atoms with Gasteiger partial charge >= 0.3 is 5.63 Å². The Morgan fingerprint density at radius 3 is 2.47 bits per heavy atom. The largest absolute Gasteiger partial charge is 0.422 e. The van der Waals surface area contributed by atoms with Crippen molar-refractivity contribution in [3.63, 3.8) is 0 Å². The number of anilines is 1. The Morgan fingerprint density at radius 1 is 0.971 bits per heavy atom. The zero-order valence-electron chi connectivity index (χ0n) is 18.2. The zero-order chi connectivity index (χ0) is 23.7. The van der Waals surface area contributed by atoms with Crippen LogP contribution in [0.25, 0.3) is 33.5 Å². The highest BCUT2D eigenvalue weighted by atomic mass is 79.9. The normalized spacial score (nSPS) is 14.4. The van der Waals surface area contributed by atoms with Crippen molar-refractivity contribution < 1.29 is 4.42 Å². The number of hydrogen-bond donors (Lipinski definition) is 1. The van der Waals surface area contributed by atoms with Crippen LogP contribution in [0.15, 0.2) is 62.2 Å². The van der Waals surface area contributed by atoms with Crippen LogP contribution >= 0.6 is 39.1 Å². The first-order chi connectivity index (χ1) is 16.5. The molecule has 0 amide bonds. The molecule has 1 fully saturated rings. The summed E-state index contributed by atoms with van der Waals surface area (Å²) in [6.45, 7) is 2.66. The summed E-state index contributed by atoms with van der Waals surface area (Å²) >= 11 is 16.4. The van der Waals surface area contributed by atoms with Crippen molar-refractivity contribution in [3.05, 3.63) is 73.5 Å². The highest BCUT2D eigenvalue weighted by Gasteiger charge is 2.18. The van der Waals surface area contributed by atoms with Crippen molar-refractivity contribution in [1.82, 2.24) is 14.9 Å². The minimum Gasteiger partial charge on any atom is -0.422 e. The molecule has 1 N–H and O–H groups in total. The van der Waals surface area contributed by atoms with Gasteiger partial charge in [-0.3, -0.25) is 4.90 Å². The first-order valence-corrected chi connectivity index (χ1v) is 12.6. The van der Waals surface area contributed by atoms with E-state index in [1.165, 1.54) is 19.3 Å². The molecule has 0 radical (unpaired) electrons. The Bertz CT molecular complexity index is 1400. The van der Waals surface area contributed by atoms with Crippen molar-refractivity contribution in [2.75, 3.05) is 25.1 Å². The molecule has 5 rings (SSSR count). The molecule has 34 heavy (non-hydrogen) atoms. The maximum Gasteiger partial charge on any atom is 0.345 e. The molecule has 4 aromatic rings. The minimum absolute atomic E-state index is 0.332. The van der Waals surface area contributed by atoms with Crippen LogP contribution in [0.1, 0.15) is 19.3 Å². The molecular weight excluding hydrogens is 539 g/mol. The number of piperidine rings is 1. The number of rotatable bonds is 5. The van der Waals surface area contributed by atoms with E-state index in [0.717, 1.165) is 22.9 Å². The van der Waals surface area contributed by atoms with Gasteiger partial charge in [-0.2, -0.15) is 0 Å². The molecule has 1 aliphatic heterocycles. The van der Waals surface area contributed by atoms with Gasteiger partial charge in [0.05, 0.1) is 33.7 Å². The van der Waals surface area contributed by atoms with Crippen LogP contribution in [0.2, 0.25) is 10.0 Å². The summed E-state index contributed by atoms with van der Waals surface area (Å²) in [4.78, 5) is 24.6. The third-order valence-corrected chi connectivity index (χ3v) is 6.95. The molecule has 9 heteroatoms. The van der Waals surface area contributed by atoms with Gasteiger partial charge in [-0.1, -0.05) is 51.6 Å². The van der Waals surface area contributed by atoms with E-state index in [1.54, 1.807) is 36.4 Å². The van der Waals surface area contributed by atoms with Gasteiger partial charge in [-0.15, -0.1) is 0 Å². The fourth-order valence-corrected chi connectivity index (χ4v) is 5.08. The van der Waals surface area contributed by atoms with E-state index in [4.69, 9.17) is 27.6 Å². The van der Waals surface area contributed by atoms with Crippen LogP contribution in [-0.2, 0) is 0 Å². The molecule has 1 aliphatic rings. The fourth-order valence-electron chi connectivity index (χ4n) is 4.11. The molecule has 1 saturated heterocycles. The Kier molecular flexibility index (Phi) is 6.88. The molecule has 0 bridgehead atoms. The number of hydrogen-bond acceptors (Lipinski definition) is 6. The quantitative estimate of drug-likeness (QED) is 0.270. The van der Waals surface area contributed by atoms with E-state index < -0.39 is 5.63 Å². The summed E-state index contributed by atoms with van der Waals surface area (Å²) in [7, 11) is 0. The Morgan fingerprint density at radius 2 is 1.71 bits per heavy atom. The first-order valence-electron chi connectivity index (χ1n) is 11.0. The molecule has 2 aromatic carbocycles. The maximum atomic E-state index is 12.9. The minimum atomic E-state index is -0.480. The van der Waals surface area contributed by atoms with Crippen molar-refractivity contribution in [2.45, 2.75) is 19.3 Å². The molecule has 0 aliphatic carbocycles. The number of aromatic nitrogens is 2. The van der Waals surface area contributed by atoms with Crippen LogP contribution in [0.4, 0.5) is 5.95 Å². The second-order valence-electron chi connectivity index (χ2n) is 8.20. The van der Waals surface area contributed by atoms with Gasteiger partial charge in [-0.25, -0.2) is 14.8 Å². The van der Waals surface area contributed by atoms with Gasteiger partial charge in [0, 0.05) is 15.4 Å². The monoisotopic (exact) mass is 558 g/mol. The van der Waals surface area contributed by atoms with E-state index in [0.29, 0.717) is 50.8 Å². The van der Waals surface area contributed by atoms with Crippen molar-refractivity contribution >= 4 is 56.0 Å². The van der Waals surface area contributed by atoms with E-state index >= 15 is 0 Å². The van der Waals surface area contributed by atoms with Crippen LogP contribution in [-0.4, -0.2) is 34.6 Å². The van der Waals surface area contributed by atoms with Crippen molar-refractivity contribution in [3.8, 4) is 22.5 Å². The standard InChI is InChI=1S/C25H21BrCl2N4O2/c26-16-7-8-22-15(11-16)12-17(24(33)34-22)20-13-21(23-18(27)5-4-6-19(23)28)31-25(30-20)29-14-32-9-2-1-3-10-32/h4-8,11-13H,1-3,9-10,14H2,(H,29,30,31). The third kappa shape index (κ3) is 4.98. The molecule has 0 atom stereocenters. The summed E-state index contributed by atoms with van der Waals surface area (Å²) in [5, 5.41) is 5.03. The molecule has 3 heterocycles. The van der Waals surface area contributed by atoms with Gasteiger partial charge < -0.3 is 9.73 Å². The van der Waals surface area contributed by atoms with Gasteiger partial charge in [0.25, 0.3) is 0 Å². The van der Waals surface area contributed by atoms with Crippen LogP contribution in [0.5, 0.6) is 0 Å². The Balaban J connectivity index is 1.62. The topological polar surface area (TPSA) is 71.3 Å². The number of nitrogens with one attached hydrogen (secondary N) is 1. The Hall–Kier alpha value is -2.45. The highest BCUT2D eigenvalue weighted by molar-refractivity contribution is 9.10. The van der Waals surface area contributed by atoms with E-state index in [2.05, 4.69) is 36.1 Å². The third-order valence-electron chi connectivity index (χ3n) is 5.82. The summed E-state index contributed by atoms with van der Waals surface area (Å²) in [5.41, 5.74) is 1.89. The number of nitrogens with zero attached hydrogens (tertiary/aromatic N) is 3. The predicted molar refractivity (Wildman–Crippen MR) is 141 cm³/mol. The lowest BCUT2D eigenvalue weighted by atomic mass is 10.1. The average molecular weight is 560 g/mol. The van der Waals surface area contributed by atoms with Crippen LogP contribution in [0.3, 0.4) is 0 Å². The average Bonchev–Trinajstić information content (AvgIpc) is 2.83.